The first kappa shape index (κ1) is 21.4. The lowest BCUT2D eigenvalue weighted by Crippen LogP contribution is -2.39. The van der Waals surface area contributed by atoms with Crippen molar-refractivity contribution in [1.82, 2.24) is 10.6 Å². The van der Waals surface area contributed by atoms with Crippen LogP contribution in [0.1, 0.15) is 63.7 Å². The van der Waals surface area contributed by atoms with Crippen molar-refractivity contribution in [2.75, 3.05) is 13.1 Å². The number of rotatable bonds is 7. The Hall–Kier alpha value is -3.47. The SMILES string of the molecule is O=C(CCCNC(=O)c1ccc(F)cc1)NCC1CC2c3ccccc3C1c1ccccc12. The van der Waals surface area contributed by atoms with Crippen molar-refractivity contribution in [1.29, 1.82) is 0 Å². The van der Waals surface area contributed by atoms with Gasteiger partial charge in [-0.2, -0.15) is 0 Å². The molecular formula is C28H27FN2O2. The summed E-state index contributed by atoms with van der Waals surface area (Å²) in [6.45, 7) is 1.06. The van der Waals surface area contributed by atoms with Gasteiger partial charge in [0.05, 0.1) is 0 Å². The highest BCUT2D eigenvalue weighted by molar-refractivity contribution is 5.94. The summed E-state index contributed by atoms with van der Waals surface area (Å²) in [7, 11) is 0. The molecule has 0 aliphatic heterocycles. The molecule has 2 amide bonds. The third-order valence-corrected chi connectivity index (χ3v) is 6.96. The maximum atomic E-state index is 13.0. The molecule has 33 heavy (non-hydrogen) atoms. The molecule has 3 aliphatic rings. The Balaban J connectivity index is 1.13. The average molecular weight is 443 g/mol. The molecule has 0 radical (unpaired) electrons. The van der Waals surface area contributed by atoms with Crippen molar-refractivity contribution >= 4 is 11.8 Å². The minimum atomic E-state index is -0.374. The van der Waals surface area contributed by atoms with Crippen LogP contribution in [-0.4, -0.2) is 24.9 Å². The zero-order chi connectivity index (χ0) is 22.8. The zero-order valence-electron chi connectivity index (χ0n) is 18.4. The summed E-state index contributed by atoms with van der Waals surface area (Å²) in [5.74, 6) is 0.465. The number of amides is 2. The third-order valence-electron chi connectivity index (χ3n) is 6.96. The first-order valence-corrected chi connectivity index (χ1v) is 11.6. The van der Waals surface area contributed by atoms with Crippen LogP contribution in [0.2, 0.25) is 0 Å². The second-order valence-corrected chi connectivity index (χ2v) is 8.95. The van der Waals surface area contributed by atoms with Crippen LogP contribution in [0.4, 0.5) is 4.39 Å². The third kappa shape index (κ3) is 4.28. The summed E-state index contributed by atoms with van der Waals surface area (Å²) in [5.41, 5.74) is 6.07. The van der Waals surface area contributed by atoms with E-state index in [0.29, 0.717) is 49.2 Å². The number of fused-ring (bicyclic) bond motifs is 1. The quantitative estimate of drug-likeness (QED) is 0.519. The molecular weight excluding hydrogens is 415 g/mol. The van der Waals surface area contributed by atoms with Gasteiger partial charge < -0.3 is 10.6 Å². The van der Waals surface area contributed by atoms with Gasteiger partial charge in [0.15, 0.2) is 0 Å². The minimum Gasteiger partial charge on any atom is -0.356 e. The number of hydrogen-bond donors (Lipinski definition) is 2. The fraction of sp³-hybridized carbons (Fsp3) is 0.286. The highest BCUT2D eigenvalue weighted by Gasteiger charge is 2.42. The lowest BCUT2D eigenvalue weighted by Gasteiger charge is -2.45. The summed E-state index contributed by atoms with van der Waals surface area (Å²) in [6, 6.07) is 22.8. The highest BCUT2D eigenvalue weighted by atomic mass is 19.1. The molecule has 0 fully saturated rings. The number of nitrogens with one attached hydrogen (secondary N) is 2. The first-order valence-electron chi connectivity index (χ1n) is 11.6. The molecule has 0 heterocycles. The Labute approximate surface area is 193 Å². The van der Waals surface area contributed by atoms with Crippen LogP contribution in [-0.2, 0) is 4.79 Å². The van der Waals surface area contributed by atoms with Gasteiger partial charge in [0.1, 0.15) is 5.82 Å². The summed E-state index contributed by atoms with van der Waals surface area (Å²) in [5, 5.41) is 5.91. The van der Waals surface area contributed by atoms with Gasteiger partial charge in [-0.05, 0) is 65.3 Å². The number of carbonyl (C=O) groups excluding carboxylic acids is 2. The molecule has 3 aliphatic carbocycles. The lowest BCUT2D eigenvalue weighted by molar-refractivity contribution is -0.121. The molecule has 0 aromatic heterocycles. The second-order valence-electron chi connectivity index (χ2n) is 8.95. The fourth-order valence-electron chi connectivity index (χ4n) is 5.45. The van der Waals surface area contributed by atoms with Crippen molar-refractivity contribution in [2.24, 2.45) is 5.92 Å². The largest absolute Gasteiger partial charge is 0.356 e. The van der Waals surface area contributed by atoms with E-state index in [2.05, 4.69) is 59.2 Å². The van der Waals surface area contributed by atoms with Crippen LogP contribution in [0.15, 0.2) is 72.8 Å². The maximum Gasteiger partial charge on any atom is 0.251 e. The number of halogens is 1. The van der Waals surface area contributed by atoms with Crippen LogP contribution in [0.25, 0.3) is 0 Å². The predicted molar refractivity (Wildman–Crippen MR) is 126 cm³/mol. The highest BCUT2D eigenvalue weighted by Crippen LogP contribution is 2.55. The van der Waals surface area contributed by atoms with E-state index in [1.165, 1.54) is 46.5 Å². The van der Waals surface area contributed by atoms with Gasteiger partial charge in [-0.15, -0.1) is 0 Å². The van der Waals surface area contributed by atoms with E-state index in [9.17, 15) is 14.0 Å². The van der Waals surface area contributed by atoms with Crippen LogP contribution in [0.3, 0.4) is 0 Å². The van der Waals surface area contributed by atoms with Crippen molar-refractivity contribution in [3.05, 3.63) is 106 Å². The van der Waals surface area contributed by atoms with Gasteiger partial charge in [0.25, 0.3) is 5.91 Å². The predicted octanol–water partition coefficient (Wildman–Crippen LogP) is 4.75. The summed E-state index contributed by atoms with van der Waals surface area (Å²) < 4.78 is 13.0. The molecule has 2 bridgehead atoms. The van der Waals surface area contributed by atoms with Gasteiger partial charge in [0.2, 0.25) is 5.91 Å². The van der Waals surface area contributed by atoms with Gasteiger partial charge in [0, 0.05) is 36.9 Å². The monoisotopic (exact) mass is 442 g/mol. The van der Waals surface area contributed by atoms with Crippen LogP contribution < -0.4 is 10.6 Å². The molecule has 168 valence electrons. The van der Waals surface area contributed by atoms with Gasteiger partial charge >= 0.3 is 0 Å². The van der Waals surface area contributed by atoms with E-state index < -0.39 is 0 Å². The second kappa shape index (κ2) is 9.18. The molecule has 4 nitrogen and oxygen atoms in total. The van der Waals surface area contributed by atoms with Gasteiger partial charge in [-0.3, -0.25) is 9.59 Å². The number of carbonyl (C=O) groups is 2. The Morgan fingerprint density at radius 3 is 2.06 bits per heavy atom. The van der Waals surface area contributed by atoms with E-state index in [-0.39, 0.29) is 17.6 Å². The molecule has 6 rings (SSSR count). The average Bonchev–Trinajstić information content (AvgIpc) is 2.86. The van der Waals surface area contributed by atoms with Crippen molar-refractivity contribution in [3.63, 3.8) is 0 Å². The molecule has 1 unspecified atom stereocenters. The fourth-order valence-corrected chi connectivity index (χ4v) is 5.45. The Morgan fingerprint density at radius 2 is 1.42 bits per heavy atom. The van der Waals surface area contributed by atoms with Crippen LogP contribution in [0, 0.1) is 11.7 Å². The molecule has 0 saturated heterocycles. The van der Waals surface area contributed by atoms with Crippen LogP contribution >= 0.6 is 0 Å². The van der Waals surface area contributed by atoms with Gasteiger partial charge in [-0.1, -0.05) is 48.5 Å². The topological polar surface area (TPSA) is 58.2 Å². The maximum absolute atomic E-state index is 13.0. The molecule has 2 N–H and O–H groups in total. The molecule has 0 saturated carbocycles. The lowest BCUT2D eigenvalue weighted by atomic mass is 9.59. The molecule has 3 aromatic rings. The Kier molecular flexibility index (Phi) is 5.95. The molecule has 1 atom stereocenters. The molecule has 5 heteroatoms. The number of benzene rings is 3. The van der Waals surface area contributed by atoms with Crippen LogP contribution in [0.5, 0.6) is 0 Å². The van der Waals surface area contributed by atoms with E-state index in [4.69, 9.17) is 0 Å². The zero-order valence-corrected chi connectivity index (χ0v) is 18.4. The van der Waals surface area contributed by atoms with E-state index in [1.807, 2.05) is 0 Å². The molecule has 3 aromatic carbocycles. The van der Waals surface area contributed by atoms with Crippen molar-refractivity contribution < 1.29 is 14.0 Å². The standard InChI is InChI=1S/C28H27FN2O2/c29-20-13-11-18(12-14-20)28(33)30-15-5-10-26(32)31-17-19-16-25-21-6-1-3-8-23(21)27(19)24-9-4-2-7-22(24)25/h1-4,6-9,11-14,19,25,27H,5,10,15-17H2,(H,30,33)(H,31,32). The Bertz CT molecular complexity index is 1130. The molecule has 0 spiro atoms. The van der Waals surface area contributed by atoms with E-state index in [1.54, 1.807) is 0 Å². The smallest absolute Gasteiger partial charge is 0.251 e. The van der Waals surface area contributed by atoms with Gasteiger partial charge in [-0.25, -0.2) is 4.39 Å². The van der Waals surface area contributed by atoms with Crippen molar-refractivity contribution in [3.8, 4) is 0 Å². The Morgan fingerprint density at radius 1 is 0.818 bits per heavy atom. The van der Waals surface area contributed by atoms with E-state index in [0.717, 1.165) is 6.42 Å². The van der Waals surface area contributed by atoms with Crippen molar-refractivity contribution in [2.45, 2.75) is 31.1 Å². The normalized spacial score (nSPS) is 20.0. The first-order chi connectivity index (χ1) is 16.1. The van der Waals surface area contributed by atoms with E-state index >= 15 is 0 Å². The summed E-state index contributed by atoms with van der Waals surface area (Å²) in [6.07, 6.45) is 1.96. The number of hydrogen-bond acceptors (Lipinski definition) is 2. The summed E-state index contributed by atoms with van der Waals surface area (Å²) in [4.78, 5) is 24.5. The summed E-state index contributed by atoms with van der Waals surface area (Å²) >= 11 is 0. The minimum absolute atomic E-state index is 0.00838.